The highest BCUT2D eigenvalue weighted by Gasteiger charge is 2.19. The van der Waals surface area contributed by atoms with Gasteiger partial charge in [-0.05, 0) is 40.1 Å². The standard InChI is InChI=1S/C20H15N5O2S/c1-25-19(22-23-24-25)13-6-4-7-14(12-13)21-20(27)16-9-3-2-8-15(16)18(26)17-10-5-11-28-17/h2-12H,1H3,(H,21,27). The largest absolute Gasteiger partial charge is 0.322 e. The molecule has 0 fully saturated rings. The van der Waals surface area contributed by atoms with Crippen LogP contribution in [0.15, 0.2) is 66.0 Å². The van der Waals surface area contributed by atoms with Crippen LogP contribution in [-0.2, 0) is 7.05 Å². The monoisotopic (exact) mass is 389 g/mol. The topological polar surface area (TPSA) is 89.8 Å². The Morgan fingerprint density at radius 1 is 1.00 bits per heavy atom. The van der Waals surface area contributed by atoms with E-state index < -0.39 is 0 Å². The Hall–Kier alpha value is -3.65. The maximum atomic E-state index is 12.9. The molecule has 1 N–H and O–H groups in total. The molecule has 0 saturated heterocycles. The van der Waals surface area contributed by atoms with E-state index in [4.69, 9.17) is 0 Å². The number of carbonyl (C=O) groups excluding carboxylic acids is 2. The summed E-state index contributed by atoms with van der Waals surface area (Å²) in [4.78, 5) is 26.2. The lowest BCUT2D eigenvalue weighted by Crippen LogP contribution is -2.16. The van der Waals surface area contributed by atoms with Crippen molar-refractivity contribution in [3.63, 3.8) is 0 Å². The quantitative estimate of drug-likeness (QED) is 0.528. The van der Waals surface area contributed by atoms with Crippen LogP contribution in [-0.4, -0.2) is 31.9 Å². The van der Waals surface area contributed by atoms with Crippen LogP contribution in [0.1, 0.15) is 25.6 Å². The van der Waals surface area contributed by atoms with Crippen molar-refractivity contribution >= 4 is 28.7 Å². The predicted octanol–water partition coefficient (Wildman–Crippen LogP) is 3.42. The van der Waals surface area contributed by atoms with Crippen molar-refractivity contribution < 1.29 is 9.59 Å². The number of amides is 1. The van der Waals surface area contributed by atoms with Gasteiger partial charge >= 0.3 is 0 Å². The van der Waals surface area contributed by atoms with Crippen molar-refractivity contribution in [1.82, 2.24) is 20.2 Å². The summed E-state index contributed by atoms with van der Waals surface area (Å²) in [6.07, 6.45) is 0. The molecule has 4 aromatic rings. The minimum absolute atomic E-state index is 0.167. The zero-order valence-corrected chi connectivity index (χ0v) is 15.7. The smallest absolute Gasteiger partial charge is 0.256 e. The normalized spacial score (nSPS) is 10.6. The van der Waals surface area contributed by atoms with Crippen molar-refractivity contribution in [3.8, 4) is 11.4 Å². The van der Waals surface area contributed by atoms with E-state index >= 15 is 0 Å². The third-order valence-corrected chi connectivity index (χ3v) is 5.03. The maximum Gasteiger partial charge on any atom is 0.256 e. The molecule has 4 rings (SSSR count). The van der Waals surface area contributed by atoms with E-state index in [-0.39, 0.29) is 11.7 Å². The number of aryl methyl sites for hydroxylation is 1. The summed E-state index contributed by atoms with van der Waals surface area (Å²) in [6.45, 7) is 0. The Morgan fingerprint density at radius 2 is 1.82 bits per heavy atom. The number of anilines is 1. The van der Waals surface area contributed by atoms with Gasteiger partial charge in [-0.15, -0.1) is 16.4 Å². The lowest BCUT2D eigenvalue weighted by Gasteiger charge is -2.10. The fourth-order valence-corrected chi connectivity index (χ4v) is 3.51. The number of hydrogen-bond donors (Lipinski definition) is 1. The van der Waals surface area contributed by atoms with Crippen molar-refractivity contribution in [2.24, 2.45) is 7.05 Å². The molecule has 0 aliphatic heterocycles. The van der Waals surface area contributed by atoms with Crippen LogP contribution >= 0.6 is 11.3 Å². The number of nitrogens with zero attached hydrogens (tertiary/aromatic N) is 4. The van der Waals surface area contributed by atoms with Crippen LogP contribution in [0.2, 0.25) is 0 Å². The van der Waals surface area contributed by atoms with E-state index in [0.29, 0.717) is 27.5 Å². The third-order valence-electron chi connectivity index (χ3n) is 4.16. The molecule has 28 heavy (non-hydrogen) atoms. The first-order chi connectivity index (χ1) is 13.6. The van der Waals surface area contributed by atoms with Crippen molar-refractivity contribution in [2.45, 2.75) is 0 Å². The van der Waals surface area contributed by atoms with Gasteiger partial charge in [0.25, 0.3) is 5.91 Å². The van der Waals surface area contributed by atoms with Crippen molar-refractivity contribution in [3.05, 3.63) is 82.0 Å². The van der Waals surface area contributed by atoms with Crippen molar-refractivity contribution in [1.29, 1.82) is 0 Å². The molecule has 0 radical (unpaired) electrons. The highest BCUT2D eigenvalue weighted by molar-refractivity contribution is 7.12. The molecule has 2 heterocycles. The molecule has 138 valence electrons. The van der Waals surface area contributed by atoms with Crippen LogP contribution in [0.4, 0.5) is 5.69 Å². The van der Waals surface area contributed by atoms with Crippen molar-refractivity contribution in [2.75, 3.05) is 5.32 Å². The molecule has 0 aliphatic rings. The summed E-state index contributed by atoms with van der Waals surface area (Å²) in [5.41, 5.74) is 2.06. The van der Waals surface area contributed by atoms with E-state index in [9.17, 15) is 9.59 Å². The Bertz CT molecular complexity index is 1150. The van der Waals surface area contributed by atoms with Crippen LogP contribution in [0.5, 0.6) is 0 Å². The van der Waals surface area contributed by atoms with E-state index in [1.165, 1.54) is 11.3 Å². The minimum atomic E-state index is -0.353. The number of aromatic nitrogens is 4. The maximum absolute atomic E-state index is 12.9. The van der Waals surface area contributed by atoms with E-state index in [1.807, 2.05) is 23.6 Å². The van der Waals surface area contributed by atoms with Gasteiger partial charge in [-0.3, -0.25) is 9.59 Å². The van der Waals surface area contributed by atoms with Crippen LogP contribution < -0.4 is 5.32 Å². The molecular formula is C20H15N5O2S. The number of carbonyl (C=O) groups is 2. The first-order valence-electron chi connectivity index (χ1n) is 8.45. The summed E-state index contributed by atoms with van der Waals surface area (Å²) in [6, 6.07) is 17.6. The molecule has 0 unspecified atom stereocenters. The Morgan fingerprint density at radius 3 is 2.54 bits per heavy atom. The molecular weight excluding hydrogens is 374 g/mol. The number of tetrazole rings is 1. The predicted molar refractivity (Wildman–Crippen MR) is 106 cm³/mol. The number of benzene rings is 2. The lowest BCUT2D eigenvalue weighted by atomic mass is 10.0. The lowest BCUT2D eigenvalue weighted by molar-refractivity contribution is 0.0998. The Balaban J connectivity index is 1.62. The van der Waals surface area contributed by atoms with Gasteiger partial charge in [-0.2, -0.15) is 0 Å². The van der Waals surface area contributed by atoms with Gasteiger partial charge in [-0.1, -0.05) is 36.4 Å². The van der Waals surface area contributed by atoms with Crippen LogP contribution in [0.25, 0.3) is 11.4 Å². The van der Waals surface area contributed by atoms with Gasteiger partial charge in [0.1, 0.15) is 0 Å². The second-order valence-corrected chi connectivity index (χ2v) is 6.96. The molecule has 1 amide bonds. The number of rotatable bonds is 5. The molecule has 0 aliphatic carbocycles. The molecule has 2 aromatic carbocycles. The summed E-state index contributed by atoms with van der Waals surface area (Å²) in [7, 11) is 1.74. The average molecular weight is 389 g/mol. The summed E-state index contributed by atoms with van der Waals surface area (Å²) >= 11 is 1.35. The minimum Gasteiger partial charge on any atom is -0.322 e. The fourth-order valence-electron chi connectivity index (χ4n) is 2.83. The summed E-state index contributed by atoms with van der Waals surface area (Å²) in [5.74, 6) is 0.0674. The second-order valence-electron chi connectivity index (χ2n) is 6.01. The van der Waals surface area contributed by atoms with Gasteiger partial charge in [0, 0.05) is 23.9 Å². The number of hydrogen-bond acceptors (Lipinski definition) is 6. The number of ketones is 1. The molecule has 2 aromatic heterocycles. The van der Waals surface area contributed by atoms with E-state index in [2.05, 4.69) is 20.8 Å². The molecule has 8 heteroatoms. The highest BCUT2D eigenvalue weighted by atomic mass is 32.1. The van der Waals surface area contributed by atoms with Gasteiger partial charge in [0.05, 0.1) is 10.4 Å². The van der Waals surface area contributed by atoms with E-state index in [1.54, 1.807) is 54.2 Å². The third kappa shape index (κ3) is 3.45. The van der Waals surface area contributed by atoms with Gasteiger partial charge in [-0.25, -0.2) is 4.68 Å². The van der Waals surface area contributed by atoms with Gasteiger partial charge in [0.2, 0.25) is 5.78 Å². The SMILES string of the molecule is Cn1nnnc1-c1cccc(NC(=O)c2ccccc2C(=O)c2cccs2)c1. The van der Waals surface area contributed by atoms with Crippen LogP contribution in [0, 0.1) is 0 Å². The summed E-state index contributed by atoms with van der Waals surface area (Å²) in [5, 5.41) is 16.1. The van der Waals surface area contributed by atoms with E-state index in [0.717, 1.165) is 5.56 Å². The zero-order valence-electron chi connectivity index (χ0n) is 14.9. The van der Waals surface area contributed by atoms with Crippen LogP contribution in [0.3, 0.4) is 0 Å². The average Bonchev–Trinajstić information content (AvgIpc) is 3.39. The molecule has 7 nitrogen and oxygen atoms in total. The summed E-state index contributed by atoms with van der Waals surface area (Å²) < 4.78 is 1.55. The first kappa shape index (κ1) is 17.7. The van der Waals surface area contributed by atoms with Gasteiger partial charge < -0.3 is 5.32 Å². The molecule has 0 atom stereocenters. The Kier molecular flexibility index (Phi) is 4.77. The molecule has 0 saturated carbocycles. The highest BCUT2D eigenvalue weighted by Crippen LogP contribution is 2.22. The Labute approximate surface area is 164 Å². The number of nitrogens with one attached hydrogen (secondary N) is 1. The zero-order chi connectivity index (χ0) is 19.5. The van der Waals surface area contributed by atoms with Gasteiger partial charge in [0.15, 0.2) is 5.82 Å². The second kappa shape index (κ2) is 7.53. The fraction of sp³-hybridized carbons (Fsp3) is 0.0500. The molecule has 0 spiro atoms. The molecule has 0 bridgehead atoms. The number of thiophene rings is 1. The first-order valence-corrected chi connectivity index (χ1v) is 9.33.